The summed E-state index contributed by atoms with van der Waals surface area (Å²) in [4.78, 5) is 24.4. The number of benzene rings is 1. The van der Waals surface area contributed by atoms with Gasteiger partial charge in [0.2, 0.25) is 0 Å². The first kappa shape index (κ1) is 24.9. The van der Waals surface area contributed by atoms with E-state index < -0.39 is 28.2 Å². The standard InChI is InChI=1S/C25H29F3N2O3S/c1-15(2)4-5-16-6-7-18(10-20(16)25(26,27)28)24(34)19(8-9-33-3)13-30(22(32)29-24)23-11-17(14-31)21(23)12-23/h6-7,10,13-15,34H,4-5,8-9,11-12H2,1-3H3,(H,29,32)/t23?,24-/m1/s1. The molecule has 0 saturated heterocycles. The summed E-state index contributed by atoms with van der Waals surface area (Å²) in [7, 11) is 1.54. The average Bonchev–Trinajstić information content (AvgIpc) is 3.35. The second-order valence-electron chi connectivity index (χ2n) is 9.72. The van der Waals surface area contributed by atoms with Crippen LogP contribution in [0.15, 0.2) is 41.1 Å². The molecule has 4 rings (SSSR count). The number of methoxy groups -OCH3 is 1. The molecule has 1 aromatic carbocycles. The summed E-state index contributed by atoms with van der Waals surface area (Å²) >= 11 is 4.74. The molecular formula is C25H29F3N2O3S. The molecule has 0 radical (unpaired) electrons. The number of aryl methyl sites for hydroxylation is 1. The van der Waals surface area contributed by atoms with Crippen LogP contribution in [0.5, 0.6) is 0 Å². The van der Waals surface area contributed by atoms with Crippen LogP contribution in [0, 0.1) is 5.92 Å². The summed E-state index contributed by atoms with van der Waals surface area (Å²) in [5, 5.41) is 2.85. The number of halogens is 3. The number of fused-ring (bicyclic) bond motifs is 1. The number of ether oxygens (including phenoxy) is 1. The molecule has 1 aliphatic heterocycles. The predicted molar refractivity (Wildman–Crippen MR) is 125 cm³/mol. The van der Waals surface area contributed by atoms with Gasteiger partial charge in [-0.3, -0.25) is 9.69 Å². The van der Waals surface area contributed by atoms with Crippen molar-refractivity contribution in [3.8, 4) is 0 Å². The van der Waals surface area contributed by atoms with E-state index in [4.69, 9.17) is 17.4 Å². The highest BCUT2D eigenvalue weighted by molar-refractivity contribution is 7.81. The number of thiol groups is 1. The van der Waals surface area contributed by atoms with E-state index in [9.17, 15) is 22.8 Å². The molecule has 1 N–H and O–H groups in total. The quantitative estimate of drug-likeness (QED) is 0.359. The predicted octanol–water partition coefficient (Wildman–Crippen LogP) is 5.36. The van der Waals surface area contributed by atoms with E-state index in [0.717, 1.165) is 17.9 Å². The average molecular weight is 495 g/mol. The highest BCUT2D eigenvalue weighted by Gasteiger charge is 2.64. The van der Waals surface area contributed by atoms with Gasteiger partial charge in [-0.25, -0.2) is 4.79 Å². The number of hydrogen-bond donors (Lipinski definition) is 2. The van der Waals surface area contributed by atoms with Crippen molar-refractivity contribution in [2.75, 3.05) is 13.7 Å². The molecule has 9 heteroatoms. The van der Waals surface area contributed by atoms with Crippen LogP contribution >= 0.6 is 12.6 Å². The number of carbonyl (C=O) groups is 2. The molecule has 2 aliphatic carbocycles. The van der Waals surface area contributed by atoms with Gasteiger partial charge in [-0.1, -0.05) is 26.0 Å². The van der Waals surface area contributed by atoms with Crippen molar-refractivity contribution in [3.05, 3.63) is 57.8 Å². The van der Waals surface area contributed by atoms with E-state index in [1.165, 1.54) is 13.2 Å². The zero-order valence-corrected chi connectivity index (χ0v) is 20.4. The van der Waals surface area contributed by atoms with Gasteiger partial charge in [0, 0.05) is 19.7 Å². The second kappa shape index (κ2) is 8.75. The van der Waals surface area contributed by atoms with Gasteiger partial charge in [-0.15, -0.1) is 12.6 Å². The highest BCUT2D eigenvalue weighted by Crippen LogP contribution is 2.63. The Labute approximate surface area is 202 Å². The monoisotopic (exact) mass is 494 g/mol. The number of urea groups is 1. The van der Waals surface area contributed by atoms with Crippen LogP contribution in [-0.2, 0) is 27.0 Å². The van der Waals surface area contributed by atoms with E-state index >= 15 is 0 Å². The molecule has 2 atom stereocenters. The third-order valence-electron chi connectivity index (χ3n) is 7.04. The first-order valence-corrected chi connectivity index (χ1v) is 11.8. The summed E-state index contributed by atoms with van der Waals surface area (Å²) in [6.45, 7) is 4.26. The van der Waals surface area contributed by atoms with Crippen molar-refractivity contribution < 1.29 is 27.5 Å². The molecule has 5 nitrogen and oxygen atoms in total. The molecule has 3 aliphatic rings. The van der Waals surface area contributed by atoms with E-state index in [1.807, 2.05) is 13.8 Å². The Bertz CT molecular complexity index is 1080. The summed E-state index contributed by atoms with van der Waals surface area (Å²) in [6.07, 6.45) is 0.399. The van der Waals surface area contributed by atoms with Crippen molar-refractivity contribution in [2.45, 2.75) is 62.5 Å². The van der Waals surface area contributed by atoms with Crippen LogP contribution in [-0.4, -0.2) is 36.5 Å². The minimum atomic E-state index is -4.53. The number of nitrogens with zero attached hydrogens (tertiary/aromatic N) is 1. The molecule has 2 amide bonds. The molecule has 1 saturated carbocycles. The summed E-state index contributed by atoms with van der Waals surface area (Å²) < 4.78 is 47.2. The van der Waals surface area contributed by atoms with Crippen molar-refractivity contribution in [1.82, 2.24) is 10.2 Å². The zero-order valence-electron chi connectivity index (χ0n) is 19.5. The molecule has 1 unspecified atom stereocenters. The van der Waals surface area contributed by atoms with Gasteiger partial charge in [0.15, 0.2) is 0 Å². The van der Waals surface area contributed by atoms with Crippen molar-refractivity contribution >= 4 is 24.9 Å². The lowest BCUT2D eigenvalue weighted by molar-refractivity contribution is -0.138. The van der Waals surface area contributed by atoms with Gasteiger partial charge in [0.1, 0.15) is 11.2 Å². The van der Waals surface area contributed by atoms with E-state index in [-0.39, 0.29) is 17.0 Å². The smallest absolute Gasteiger partial charge is 0.384 e. The minimum Gasteiger partial charge on any atom is -0.384 e. The maximum atomic E-state index is 14.0. The maximum absolute atomic E-state index is 14.0. The Morgan fingerprint density at radius 1 is 1.26 bits per heavy atom. The second-order valence-corrected chi connectivity index (χ2v) is 10.4. The Hall–Kier alpha value is -2.26. The molecule has 184 valence electrons. The molecular weight excluding hydrogens is 465 g/mol. The molecule has 0 spiro atoms. The summed E-state index contributed by atoms with van der Waals surface area (Å²) in [5.41, 5.74) is 1.57. The first-order valence-electron chi connectivity index (χ1n) is 11.4. The van der Waals surface area contributed by atoms with Gasteiger partial charge in [0.25, 0.3) is 0 Å². The Morgan fingerprint density at radius 2 is 2.00 bits per heavy atom. The topological polar surface area (TPSA) is 58.6 Å². The molecule has 34 heavy (non-hydrogen) atoms. The molecule has 0 aromatic heterocycles. The molecule has 1 aromatic rings. The van der Waals surface area contributed by atoms with E-state index in [2.05, 4.69) is 5.32 Å². The molecule has 0 bridgehead atoms. The van der Waals surface area contributed by atoms with Crippen LogP contribution in [0.3, 0.4) is 0 Å². The number of carbonyl (C=O) groups excluding carboxylic acids is 2. The molecule has 1 heterocycles. The Morgan fingerprint density at radius 3 is 2.59 bits per heavy atom. The fourth-order valence-electron chi connectivity index (χ4n) is 4.94. The minimum absolute atomic E-state index is 0.232. The third kappa shape index (κ3) is 4.17. The largest absolute Gasteiger partial charge is 0.416 e. The normalized spacial score (nSPS) is 26.2. The number of hydrogen-bond acceptors (Lipinski definition) is 4. The van der Waals surface area contributed by atoms with Gasteiger partial charge >= 0.3 is 12.2 Å². The Balaban J connectivity index is 1.73. The van der Waals surface area contributed by atoms with E-state index in [1.54, 1.807) is 17.2 Å². The van der Waals surface area contributed by atoms with Crippen LogP contribution in [0.25, 0.3) is 0 Å². The third-order valence-corrected chi connectivity index (χ3v) is 7.69. The van der Waals surface area contributed by atoms with Gasteiger partial charge in [-0.2, -0.15) is 13.2 Å². The molecule has 1 fully saturated rings. The van der Waals surface area contributed by atoms with Gasteiger partial charge in [0.05, 0.1) is 17.7 Å². The Kier molecular flexibility index (Phi) is 6.40. The van der Waals surface area contributed by atoms with Crippen LogP contribution in [0.2, 0.25) is 0 Å². The zero-order chi connectivity index (χ0) is 24.9. The van der Waals surface area contributed by atoms with Crippen molar-refractivity contribution in [3.63, 3.8) is 0 Å². The number of amides is 2. The number of alkyl halides is 3. The number of aldehydes is 1. The lowest BCUT2D eigenvalue weighted by Crippen LogP contribution is -2.57. The lowest BCUT2D eigenvalue weighted by Gasteiger charge is -2.44. The first-order chi connectivity index (χ1) is 16.0. The van der Waals surface area contributed by atoms with E-state index in [0.29, 0.717) is 49.9 Å². The summed E-state index contributed by atoms with van der Waals surface area (Å²) in [6, 6.07) is 3.76. The summed E-state index contributed by atoms with van der Waals surface area (Å²) in [5.74, 6) is 0.274. The SMILES string of the molecule is COCCC1=CN(C23CC(C=O)=C2C3)C(=O)N[C@@]1(S)c1ccc(CCC(C)C)c(C(F)(F)F)c1. The van der Waals surface area contributed by atoms with Crippen LogP contribution in [0.1, 0.15) is 56.2 Å². The van der Waals surface area contributed by atoms with Crippen molar-refractivity contribution in [2.24, 2.45) is 5.92 Å². The number of nitrogens with one attached hydrogen (secondary N) is 1. The number of rotatable bonds is 9. The van der Waals surface area contributed by atoms with Crippen molar-refractivity contribution in [1.29, 1.82) is 0 Å². The fourth-order valence-corrected chi connectivity index (χ4v) is 5.34. The highest BCUT2D eigenvalue weighted by atomic mass is 32.1. The maximum Gasteiger partial charge on any atom is 0.416 e. The fraction of sp³-hybridized carbons (Fsp3) is 0.520. The van der Waals surface area contributed by atoms with Crippen LogP contribution < -0.4 is 5.32 Å². The van der Waals surface area contributed by atoms with Gasteiger partial charge < -0.3 is 10.1 Å². The lowest BCUT2D eigenvalue weighted by atomic mass is 9.88. The van der Waals surface area contributed by atoms with Crippen LogP contribution in [0.4, 0.5) is 18.0 Å². The van der Waals surface area contributed by atoms with Gasteiger partial charge in [-0.05, 0) is 65.5 Å².